The van der Waals surface area contributed by atoms with E-state index in [1.165, 1.54) is 77.0 Å². The molecule has 5 unspecified atom stereocenters. The lowest BCUT2D eigenvalue weighted by Crippen LogP contribution is -2.65. The van der Waals surface area contributed by atoms with Gasteiger partial charge < -0.3 is 49.3 Å². The quantitative estimate of drug-likeness (QED) is 0.0122. The molecule has 0 aromatic rings. The molecule has 0 aliphatic heterocycles. The Kier molecular flexibility index (Phi) is 36.5. The van der Waals surface area contributed by atoms with Crippen molar-refractivity contribution in [2.45, 2.75) is 224 Å². The zero-order valence-electron chi connectivity index (χ0n) is 40.9. The number of carbonyl (C=O) groups is 2. The van der Waals surface area contributed by atoms with E-state index in [1.54, 1.807) is 0 Å². The standard InChI is InChI=1S/C47H85O19P3/c1-3-5-7-9-11-13-15-17-19-20-22-24-26-28-30-32-34-36-41(49)63-39(37-61-40(48)35-33-31-29-27-25-23-21-18-16-14-12-10-8-6-4-2)38-62-69(59,60)66-45-42(50)43(51)46(64-67(53,54)55)47(44(45)52)65-68(56,57)58/h17-19,21-22,24,28,30,39,42-47,50-52H,3-16,20,23,25-27,29,31-38H2,1-2H3,(H,59,60)(H2,53,54,55)(H2,56,57,58)/b19-17-,21-18-,24-22-,30-28-/t39-,42?,43?,44?,45+,46?,47+/m1/s1. The molecule has 0 aromatic carbocycles. The Bertz CT molecular complexity index is 1630. The van der Waals surface area contributed by atoms with Crippen molar-refractivity contribution < 1.29 is 90.6 Å². The van der Waals surface area contributed by atoms with Crippen molar-refractivity contribution in [2.75, 3.05) is 13.2 Å². The van der Waals surface area contributed by atoms with Gasteiger partial charge in [-0.05, 0) is 70.6 Å². The van der Waals surface area contributed by atoms with E-state index in [0.717, 1.165) is 51.4 Å². The highest BCUT2D eigenvalue weighted by atomic mass is 31.2. The molecular weight excluding hydrogens is 961 g/mol. The molecular formula is C47H85O19P3. The first-order chi connectivity index (χ1) is 32.8. The van der Waals surface area contributed by atoms with Gasteiger partial charge in [0.15, 0.2) is 6.10 Å². The molecule has 69 heavy (non-hydrogen) atoms. The number of hydrogen-bond donors (Lipinski definition) is 8. The number of ether oxygens (including phenoxy) is 2. The van der Waals surface area contributed by atoms with Crippen molar-refractivity contribution in [3.8, 4) is 0 Å². The molecule has 0 saturated heterocycles. The average Bonchev–Trinajstić information content (AvgIpc) is 3.28. The van der Waals surface area contributed by atoms with Crippen molar-refractivity contribution in [2.24, 2.45) is 0 Å². The first-order valence-electron chi connectivity index (χ1n) is 24.9. The lowest BCUT2D eigenvalue weighted by molar-refractivity contribution is -0.213. The van der Waals surface area contributed by atoms with Crippen LogP contribution in [0, 0.1) is 0 Å². The Labute approximate surface area is 410 Å². The SMILES string of the molecule is CCCCCCCC/C=C\C/C=C\C/C=C\CCCC(=O)O[C@H](COC(=O)CCCCCCC/C=C\CCCCCCCC)COP(=O)(O)O[C@H]1C(O)C(O)C(OP(=O)(O)O)[C@@H](OP(=O)(O)O)C1O. The van der Waals surface area contributed by atoms with Gasteiger partial charge in [0.25, 0.3) is 0 Å². The van der Waals surface area contributed by atoms with E-state index >= 15 is 0 Å². The van der Waals surface area contributed by atoms with Gasteiger partial charge >= 0.3 is 35.4 Å². The van der Waals surface area contributed by atoms with E-state index in [4.69, 9.17) is 18.5 Å². The summed E-state index contributed by atoms with van der Waals surface area (Å²) in [6.07, 6.45) is 25.6. The van der Waals surface area contributed by atoms with Gasteiger partial charge in [0.1, 0.15) is 43.2 Å². The minimum Gasteiger partial charge on any atom is -0.462 e. The molecule has 0 spiro atoms. The lowest BCUT2D eigenvalue weighted by atomic mass is 9.85. The summed E-state index contributed by atoms with van der Waals surface area (Å²) in [7, 11) is -16.6. The number of allylic oxidation sites excluding steroid dienone is 8. The molecule has 8 atom stereocenters. The minimum absolute atomic E-state index is 0.0587. The van der Waals surface area contributed by atoms with E-state index in [2.05, 4.69) is 59.4 Å². The third-order valence-corrected chi connectivity index (χ3v) is 13.1. The van der Waals surface area contributed by atoms with Crippen molar-refractivity contribution in [3.63, 3.8) is 0 Å². The number of aliphatic hydroxyl groups excluding tert-OH is 3. The monoisotopic (exact) mass is 1050 g/mol. The highest BCUT2D eigenvalue weighted by Gasteiger charge is 2.56. The number of carbonyl (C=O) groups excluding carboxylic acids is 2. The fourth-order valence-corrected chi connectivity index (χ4v) is 9.45. The fourth-order valence-electron chi connectivity index (χ4n) is 7.36. The zero-order valence-corrected chi connectivity index (χ0v) is 43.6. The molecule has 19 nitrogen and oxygen atoms in total. The molecule has 0 bridgehead atoms. The maximum absolute atomic E-state index is 13.1. The fraction of sp³-hybridized carbons (Fsp3) is 0.787. The maximum atomic E-state index is 13.1. The molecule has 402 valence electrons. The van der Waals surface area contributed by atoms with E-state index in [9.17, 15) is 63.1 Å². The molecule has 1 saturated carbocycles. The third-order valence-electron chi connectivity index (χ3n) is 11.1. The summed E-state index contributed by atoms with van der Waals surface area (Å²) in [5, 5.41) is 31.9. The second kappa shape index (κ2) is 38.7. The van der Waals surface area contributed by atoms with Gasteiger partial charge in [0, 0.05) is 12.8 Å². The van der Waals surface area contributed by atoms with Crippen molar-refractivity contribution in [1.29, 1.82) is 0 Å². The Hall–Kier alpha value is -1.89. The smallest absolute Gasteiger partial charge is 0.462 e. The van der Waals surface area contributed by atoms with Crippen LogP contribution < -0.4 is 0 Å². The summed E-state index contributed by atoms with van der Waals surface area (Å²) >= 11 is 0. The Morgan fingerprint density at radius 2 is 0.855 bits per heavy atom. The summed E-state index contributed by atoms with van der Waals surface area (Å²) in [5.41, 5.74) is 0. The number of phosphoric acid groups is 3. The Morgan fingerprint density at radius 1 is 0.464 bits per heavy atom. The summed E-state index contributed by atoms with van der Waals surface area (Å²) in [6.45, 7) is 2.89. The molecule has 0 heterocycles. The normalized spacial score (nSPS) is 21.7. The summed E-state index contributed by atoms with van der Waals surface area (Å²) < 4.78 is 65.5. The van der Waals surface area contributed by atoms with Gasteiger partial charge in [-0.15, -0.1) is 0 Å². The third kappa shape index (κ3) is 35.0. The summed E-state index contributed by atoms with van der Waals surface area (Å²) in [5.74, 6) is -1.37. The predicted octanol–water partition coefficient (Wildman–Crippen LogP) is 9.40. The van der Waals surface area contributed by atoms with Gasteiger partial charge in [0.05, 0.1) is 6.61 Å². The topological polar surface area (TPSA) is 303 Å². The van der Waals surface area contributed by atoms with Crippen LogP contribution in [0.15, 0.2) is 48.6 Å². The molecule has 0 amide bonds. The molecule has 8 N–H and O–H groups in total. The molecule has 22 heteroatoms. The predicted molar refractivity (Wildman–Crippen MR) is 261 cm³/mol. The first kappa shape index (κ1) is 65.1. The van der Waals surface area contributed by atoms with Crippen LogP contribution in [0.4, 0.5) is 0 Å². The molecule has 1 rings (SSSR count). The van der Waals surface area contributed by atoms with Crippen LogP contribution in [-0.2, 0) is 50.9 Å². The zero-order chi connectivity index (χ0) is 51.4. The van der Waals surface area contributed by atoms with E-state index in [1.807, 2.05) is 12.2 Å². The van der Waals surface area contributed by atoms with E-state index in [-0.39, 0.29) is 12.8 Å². The average molecular weight is 1050 g/mol. The van der Waals surface area contributed by atoms with Gasteiger partial charge in [-0.2, -0.15) is 0 Å². The van der Waals surface area contributed by atoms with Crippen molar-refractivity contribution >= 4 is 35.4 Å². The number of unbranched alkanes of at least 4 members (excludes halogenated alkanes) is 18. The Morgan fingerprint density at radius 3 is 1.35 bits per heavy atom. The lowest BCUT2D eigenvalue weighted by Gasteiger charge is -2.44. The highest BCUT2D eigenvalue weighted by molar-refractivity contribution is 7.47. The van der Waals surface area contributed by atoms with Crippen LogP contribution in [0.25, 0.3) is 0 Å². The van der Waals surface area contributed by atoms with E-state index in [0.29, 0.717) is 25.7 Å². The number of esters is 2. The molecule has 0 aromatic heterocycles. The highest BCUT2D eigenvalue weighted by Crippen LogP contribution is 2.51. The second-order valence-electron chi connectivity index (χ2n) is 17.4. The summed E-state index contributed by atoms with van der Waals surface area (Å²) in [6, 6.07) is 0. The number of rotatable bonds is 42. The number of aliphatic hydroxyl groups is 3. The Balaban J connectivity index is 2.76. The maximum Gasteiger partial charge on any atom is 0.472 e. The minimum atomic E-state index is -5.61. The first-order valence-corrected chi connectivity index (χ1v) is 29.5. The van der Waals surface area contributed by atoms with Crippen LogP contribution in [0.2, 0.25) is 0 Å². The van der Waals surface area contributed by atoms with Gasteiger partial charge in [-0.1, -0.05) is 146 Å². The van der Waals surface area contributed by atoms with Crippen LogP contribution in [-0.4, -0.2) is 108 Å². The molecule has 1 aliphatic carbocycles. The number of hydrogen-bond acceptors (Lipinski definition) is 14. The van der Waals surface area contributed by atoms with Gasteiger partial charge in [0.2, 0.25) is 0 Å². The summed E-state index contributed by atoms with van der Waals surface area (Å²) in [4.78, 5) is 73.2. The van der Waals surface area contributed by atoms with E-state index < -0.39 is 91.3 Å². The van der Waals surface area contributed by atoms with Crippen LogP contribution in [0.3, 0.4) is 0 Å². The van der Waals surface area contributed by atoms with Crippen molar-refractivity contribution in [1.82, 2.24) is 0 Å². The second-order valence-corrected chi connectivity index (χ2v) is 21.2. The largest absolute Gasteiger partial charge is 0.472 e. The van der Waals surface area contributed by atoms with Crippen LogP contribution in [0.5, 0.6) is 0 Å². The van der Waals surface area contributed by atoms with Gasteiger partial charge in [-0.25, -0.2) is 13.7 Å². The number of phosphoric ester groups is 3. The molecule has 1 aliphatic rings. The van der Waals surface area contributed by atoms with Crippen LogP contribution >= 0.6 is 23.5 Å². The molecule has 0 radical (unpaired) electrons. The van der Waals surface area contributed by atoms with Crippen molar-refractivity contribution in [3.05, 3.63) is 48.6 Å². The van der Waals surface area contributed by atoms with Gasteiger partial charge in [-0.3, -0.25) is 27.7 Å². The molecule has 1 fully saturated rings. The van der Waals surface area contributed by atoms with Crippen LogP contribution in [0.1, 0.15) is 181 Å².